The Hall–Kier alpha value is -1.51. The summed E-state index contributed by atoms with van der Waals surface area (Å²) in [5.74, 6) is 0.550. The van der Waals surface area contributed by atoms with Gasteiger partial charge in [0.05, 0.1) is 5.41 Å². The molecule has 1 aromatic carbocycles. The van der Waals surface area contributed by atoms with Gasteiger partial charge in [-0.05, 0) is 44.0 Å². The van der Waals surface area contributed by atoms with Crippen LogP contribution < -0.4 is 10.5 Å². The van der Waals surface area contributed by atoms with E-state index in [-0.39, 0.29) is 11.9 Å². The Labute approximate surface area is 96.6 Å². The summed E-state index contributed by atoms with van der Waals surface area (Å²) in [7, 11) is 0. The van der Waals surface area contributed by atoms with E-state index < -0.39 is 5.41 Å². The smallest absolute Gasteiger partial charge is 0.317 e. The van der Waals surface area contributed by atoms with Gasteiger partial charge in [0.25, 0.3) is 0 Å². The number of ether oxygens (including phenoxy) is 1. The van der Waals surface area contributed by atoms with Crippen molar-refractivity contribution in [2.24, 2.45) is 11.3 Å². The summed E-state index contributed by atoms with van der Waals surface area (Å²) in [6, 6.07) is 6.82. The largest absolute Gasteiger partial charge is 0.426 e. The van der Waals surface area contributed by atoms with Crippen molar-refractivity contribution in [3.63, 3.8) is 0 Å². The van der Waals surface area contributed by atoms with Crippen LogP contribution in [0.5, 0.6) is 5.75 Å². The molecule has 2 N–H and O–H groups in total. The molecule has 0 radical (unpaired) electrons. The van der Waals surface area contributed by atoms with Crippen LogP contribution in [0.25, 0.3) is 0 Å². The number of hydrogen-bond donors (Lipinski definition) is 1. The lowest BCUT2D eigenvalue weighted by atomic mass is 9.81. The van der Waals surface area contributed by atoms with Gasteiger partial charge in [0.1, 0.15) is 5.75 Å². The Kier molecular flexibility index (Phi) is 3.58. The van der Waals surface area contributed by atoms with Crippen LogP contribution in [0.4, 0.5) is 5.69 Å². The van der Waals surface area contributed by atoms with E-state index in [1.54, 1.807) is 24.3 Å². The number of carbonyl (C=O) groups is 1. The normalized spacial score (nSPS) is 11.6. The topological polar surface area (TPSA) is 52.3 Å². The molecule has 16 heavy (non-hydrogen) atoms. The van der Waals surface area contributed by atoms with Crippen LogP contribution in [-0.2, 0) is 4.79 Å². The number of anilines is 1. The molecule has 0 spiro atoms. The standard InChI is InChI=1S/C13H19NO2/c1-9(2)13(3,4)12(15)16-11-7-5-10(14)6-8-11/h5-9H,14H2,1-4H3. The molecule has 0 atom stereocenters. The molecule has 88 valence electrons. The average Bonchev–Trinajstić information content (AvgIpc) is 2.21. The van der Waals surface area contributed by atoms with Crippen molar-refractivity contribution >= 4 is 11.7 Å². The second kappa shape index (κ2) is 4.56. The quantitative estimate of drug-likeness (QED) is 0.485. The molecule has 1 rings (SSSR count). The van der Waals surface area contributed by atoms with Crippen LogP contribution >= 0.6 is 0 Å². The number of nitrogen functional groups attached to an aromatic ring is 1. The first-order chi connectivity index (χ1) is 7.34. The van der Waals surface area contributed by atoms with Crippen molar-refractivity contribution in [1.29, 1.82) is 0 Å². The maximum absolute atomic E-state index is 11.9. The third kappa shape index (κ3) is 2.75. The highest BCUT2D eigenvalue weighted by Crippen LogP contribution is 2.28. The maximum Gasteiger partial charge on any atom is 0.317 e. The summed E-state index contributed by atoms with van der Waals surface area (Å²) < 4.78 is 5.30. The van der Waals surface area contributed by atoms with Crippen LogP contribution in [0, 0.1) is 11.3 Å². The summed E-state index contributed by atoms with van der Waals surface area (Å²) in [6.07, 6.45) is 0. The Morgan fingerprint density at radius 2 is 1.75 bits per heavy atom. The van der Waals surface area contributed by atoms with Crippen LogP contribution in [0.3, 0.4) is 0 Å². The van der Waals surface area contributed by atoms with Gasteiger partial charge in [-0.1, -0.05) is 13.8 Å². The van der Waals surface area contributed by atoms with Crippen LogP contribution in [0.1, 0.15) is 27.7 Å². The predicted molar refractivity (Wildman–Crippen MR) is 65.1 cm³/mol. The van der Waals surface area contributed by atoms with E-state index in [0.29, 0.717) is 11.4 Å². The first kappa shape index (κ1) is 12.6. The lowest BCUT2D eigenvalue weighted by Crippen LogP contribution is -2.33. The van der Waals surface area contributed by atoms with Gasteiger partial charge in [-0.2, -0.15) is 0 Å². The zero-order chi connectivity index (χ0) is 12.3. The van der Waals surface area contributed by atoms with E-state index in [1.165, 1.54) is 0 Å². The molecule has 0 amide bonds. The molecular weight excluding hydrogens is 202 g/mol. The molecule has 0 aliphatic heterocycles. The number of rotatable bonds is 3. The van der Waals surface area contributed by atoms with Gasteiger partial charge in [0, 0.05) is 5.69 Å². The zero-order valence-electron chi connectivity index (χ0n) is 10.3. The highest BCUT2D eigenvalue weighted by molar-refractivity contribution is 5.78. The number of nitrogens with two attached hydrogens (primary N) is 1. The van der Waals surface area contributed by atoms with E-state index in [1.807, 2.05) is 27.7 Å². The second-order valence-electron chi connectivity index (χ2n) is 4.83. The van der Waals surface area contributed by atoms with Gasteiger partial charge in [-0.25, -0.2) is 0 Å². The third-order valence-corrected chi connectivity index (χ3v) is 3.06. The molecule has 3 nitrogen and oxygen atoms in total. The van der Waals surface area contributed by atoms with Crippen molar-refractivity contribution in [3.05, 3.63) is 24.3 Å². The summed E-state index contributed by atoms with van der Waals surface area (Å²) in [6.45, 7) is 7.78. The van der Waals surface area contributed by atoms with Crippen LogP contribution in [-0.4, -0.2) is 5.97 Å². The molecule has 0 fully saturated rings. The number of benzene rings is 1. The van der Waals surface area contributed by atoms with Gasteiger partial charge in [0.2, 0.25) is 0 Å². The van der Waals surface area contributed by atoms with E-state index in [9.17, 15) is 4.79 Å². The minimum atomic E-state index is -0.485. The van der Waals surface area contributed by atoms with E-state index >= 15 is 0 Å². The van der Waals surface area contributed by atoms with Crippen molar-refractivity contribution in [3.8, 4) is 5.75 Å². The predicted octanol–water partition coefficient (Wildman–Crippen LogP) is 2.86. The lowest BCUT2D eigenvalue weighted by Gasteiger charge is -2.26. The van der Waals surface area contributed by atoms with E-state index in [0.717, 1.165) is 0 Å². The molecule has 1 aromatic rings. The Balaban J connectivity index is 2.75. The molecule has 0 aliphatic rings. The van der Waals surface area contributed by atoms with Gasteiger partial charge in [-0.3, -0.25) is 4.79 Å². The minimum absolute atomic E-state index is 0.215. The molecule has 0 aliphatic carbocycles. The third-order valence-electron chi connectivity index (χ3n) is 3.06. The average molecular weight is 221 g/mol. The summed E-state index contributed by atoms with van der Waals surface area (Å²) >= 11 is 0. The Morgan fingerprint density at radius 1 is 1.25 bits per heavy atom. The first-order valence-corrected chi connectivity index (χ1v) is 5.42. The van der Waals surface area contributed by atoms with Crippen molar-refractivity contribution in [2.45, 2.75) is 27.7 Å². The lowest BCUT2D eigenvalue weighted by molar-refractivity contribution is -0.146. The number of carbonyl (C=O) groups excluding carboxylic acids is 1. The van der Waals surface area contributed by atoms with Crippen LogP contribution in [0.15, 0.2) is 24.3 Å². The highest BCUT2D eigenvalue weighted by atomic mass is 16.5. The molecule has 0 unspecified atom stereocenters. The Bertz CT molecular complexity index is 366. The van der Waals surface area contributed by atoms with E-state index in [4.69, 9.17) is 10.5 Å². The van der Waals surface area contributed by atoms with Gasteiger partial charge in [0.15, 0.2) is 0 Å². The van der Waals surface area contributed by atoms with E-state index in [2.05, 4.69) is 0 Å². The van der Waals surface area contributed by atoms with Gasteiger partial charge in [-0.15, -0.1) is 0 Å². The zero-order valence-corrected chi connectivity index (χ0v) is 10.3. The second-order valence-corrected chi connectivity index (χ2v) is 4.83. The van der Waals surface area contributed by atoms with Gasteiger partial charge < -0.3 is 10.5 Å². The van der Waals surface area contributed by atoms with Crippen molar-refractivity contribution in [2.75, 3.05) is 5.73 Å². The fraction of sp³-hybridized carbons (Fsp3) is 0.462. The number of esters is 1. The Morgan fingerprint density at radius 3 is 2.19 bits per heavy atom. The fourth-order valence-electron chi connectivity index (χ4n) is 1.01. The molecule has 0 heterocycles. The SMILES string of the molecule is CC(C)C(C)(C)C(=O)Oc1ccc(N)cc1. The molecule has 0 saturated heterocycles. The van der Waals surface area contributed by atoms with Gasteiger partial charge >= 0.3 is 5.97 Å². The van der Waals surface area contributed by atoms with Crippen LogP contribution in [0.2, 0.25) is 0 Å². The molecule has 0 saturated carbocycles. The van der Waals surface area contributed by atoms with Crippen molar-refractivity contribution < 1.29 is 9.53 Å². The molecule has 0 aromatic heterocycles. The highest BCUT2D eigenvalue weighted by Gasteiger charge is 2.33. The molecule has 3 heteroatoms. The summed E-state index contributed by atoms with van der Waals surface area (Å²) in [5.41, 5.74) is 5.72. The maximum atomic E-state index is 11.9. The van der Waals surface area contributed by atoms with Crippen molar-refractivity contribution in [1.82, 2.24) is 0 Å². The molecule has 0 bridgehead atoms. The number of hydrogen-bond acceptors (Lipinski definition) is 3. The first-order valence-electron chi connectivity index (χ1n) is 5.42. The molecular formula is C13H19NO2. The minimum Gasteiger partial charge on any atom is -0.426 e. The monoisotopic (exact) mass is 221 g/mol. The summed E-state index contributed by atoms with van der Waals surface area (Å²) in [5, 5.41) is 0. The summed E-state index contributed by atoms with van der Waals surface area (Å²) in [4.78, 5) is 11.9. The fourth-order valence-corrected chi connectivity index (χ4v) is 1.01.